The van der Waals surface area contributed by atoms with Crippen LogP contribution >= 0.6 is 11.8 Å². The molecule has 2 amide bonds. The second kappa shape index (κ2) is 7.74. The first-order valence-electron chi connectivity index (χ1n) is 8.19. The van der Waals surface area contributed by atoms with Crippen LogP contribution in [0, 0.1) is 5.82 Å². The molecular formula is C20H18FNO3S. The summed E-state index contributed by atoms with van der Waals surface area (Å²) >= 11 is 0.907. The van der Waals surface area contributed by atoms with E-state index < -0.39 is 0 Å². The molecule has 0 unspecified atom stereocenters. The Hall–Kier alpha value is -2.60. The zero-order valence-corrected chi connectivity index (χ0v) is 15.3. The van der Waals surface area contributed by atoms with Gasteiger partial charge in [0, 0.05) is 0 Å². The molecule has 0 bridgehead atoms. The molecule has 1 saturated heterocycles. The maximum atomic E-state index is 13.0. The van der Waals surface area contributed by atoms with Crippen molar-refractivity contribution < 1.29 is 18.7 Å². The number of hydrogen-bond acceptors (Lipinski definition) is 4. The van der Waals surface area contributed by atoms with Crippen molar-refractivity contribution >= 4 is 29.0 Å². The van der Waals surface area contributed by atoms with Crippen molar-refractivity contribution in [3.8, 4) is 5.75 Å². The summed E-state index contributed by atoms with van der Waals surface area (Å²) in [5.74, 6) is 0.0566. The van der Waals surface area contributed by atoms with E-state index in [1.54, 1.807) is 18.2 Å². The standard InChI is InChI=1S/C20H18FNO3S/c1-13(2)25-17-9-5-14(6-10-17)11-18-19(23)22(20(24)26-18)12-15-3-7-16(21)8-4-15/h3-11,13H,12H2,1-2H3/b18-11-. The van der Waals surface area contributed by atoms with Gasteiger partial charge in [-0.1, -0.05) is 24.3 Å². The third-order valence-electron chi connectivity index (χ3n) is 3.68. The molecule has 4 nitrogen and oxygen atoms in total. The Bertz CT molecular complexity index is 844. The van der Waals surface area contributed by atoms with E-state index in [4.69, 9.17) is 4.74 Å². The van der Waals surface area contributed by atoms with Gasteiger partial charge in [-0.25, -0.2) is 4.39 Å². The monoisotopic (exact) mass is 371 g/mol. The van der Waals surface area contributed by atoms with Gasteiger partial charge in [0.25, 0.3) is 11.1 Å². The first-order chi connectivity index (χ1) is 12.4. The van der Waals surface area contributed by atoms with Gasteiger partial charge in [0.2, 0.25) is 0 Å². The van der Waals surface area contributed by atoms with Gasteiger partial charge in [0.1, 0.15) is 11.6 Å². The molecule has 134 valence electrons. The molecule has 1 aliphatic heterocycles. The van der Waals surface area contributed by atoms with Gasteiger partial charge in [0.15, 0.2) is 0 Å². The second-order valence-corrected chi connectivity index (χ2v) is 7.12. The minimum atomic E-state index is -0.354. The number of thioether (sulfide) groups is 1. The van der Waals surface area contributed by atoms with Gasteiger partial charge in [-0.15, -0.1) is 0 Å². The number of hydrogen-bond donors (Lipinski definition) is 0. The molecule has 0 N–H and O–H groups in total. The summed E-state index contributed by atoms with van der Waals surface area (Å²) in [6, 6.07) is 13.1. The molecule has 1 heterocycles. The highest BCUT2D eigenvalue weighted by molar-refractivity contribution is 8.18. The lowest BCUT2D eigenvalue weighted by molar-refractivity contribution is -0.123. The molecular weight excluding hydrogens is 353 g/mol. The SMILES string of the molecule is CC(C)Oc1ccc(/C=C2\SC(=O)N(Cc3ccc(F)cc3)C2=O)cc1. The van der Waals surface area contributed by atoms with Crippen LogP contribution in [0.2, 0.25) is 0 Å². The lowest BCUT2D eigenvalue weighted by atomic mass is 10.2. The fraction of sp³-hybridized carbons (Fsp3) is 0.200. The molecule has 0 spiro atoms. The first kappa shape index (κ1) is 18.2. The highest BCUT2D eigenvalue weighted by Crippen LogP contribution is 2.33. The summed E-state index contributed by atoms with van der Waals surface area (Å²) in [7, 11) is 0. The average Bonchev–Trinajstić information content (AvgIpc) is 2.85. The Morgan fingerprint density at radius 2 is 1.73 bits per heavy atom. The molecule has 2 aromatic rings. The molecule has 1 aliphatic rings. The fourth-order valence-corrected chi connectivity index (χ4v) is 3.31. The Balaban J connectivity index is 1.73. The topological polar surface area (TPSA) is 46.6 Å². The Labute approximate surface area is 155 Å². The lowest BCUT2D eigenvalue weighted by Gasteiger charge is -2.12. The molecule has 2 aromatic carbocycles. The number of halogens is 1. The zero-order chi connectivity index (χ0) is 18.7. The van der Waals surface area contributed by atoms with Crippen molar-refractivity contribution in [1.29, 1.82) is 0 Å². The molecule has 0 aliphatic carbocycles. The minimum Gasteiger partial charge on any atom is -0.491 e. The predicted molar refractivity (Wildman–Crippen MR) is 100 cm³/mol. The number of carbonyl (C=O) groups is 2. The van der Waals surface area contributed by atoms with Gasteiger partial charge in [0.05, 0.1) is 17.6 Å². The van der Waals surface area contributed by atoms with E-state index in [-0.39, 0.29) is 29.6 Å². The van der Waals surface area contributed by atoms with Crippen molar-refractivity contribution in [1.82, 2.24) is 4.90 Å². The largest absolute Gasteiger partial charge is 0.491 e. The summed E-state index contributed by atoms with van der Waals surface area (Å²) < 4.78 is 18.6. The van der Waals surface area contributed by atoms with E-state index in [0.29, 0.717) is 10.5 Å². The fourth-order valence-electron chi connectivity index (χ4n) is 2.47. The number of amides is 2. The van der Waals surface area contributed by atoms with Crippen molar-refractivity contribution in [3.05, 3.63) is 70.4 Å². The van der Waals surface area contributed by atoms with Crippen LogP contribution in [0.25, 0.3) is 6.08 Å². The summed E-state index contributed by atoms with van der Waals surface area (Å²) in [6.45, 7) is 4.03. The van der Waals surface area contributed by atoms with Crippen LogP contribution in [-0.4, -0.2) is 22.2 Å². The number of ether oxygens (including phenoxy) is 1. The quantitative estimate of drug-likeness (QED) is 0.705. The highest BCUT2D eigenvalue weighted by atomic mass is 32.2. The van der Waals surface area contributed by atoms with Crippen LogP contribution in [0.4, 0.5) is 9.18 Å². The Kier molecular flexibility index (Phi) is 5.42. The van der Waals surface area contributed by atoms with Gasteiger partial charge >= 0.3 is 0 Å². The molecule has 0 aromatic heterocycles. The lowest BCUT2D eigenvalue weighted by Crippen LogP contribution is -2.27. The van der Waals surface area contributed by atoms with Crippen LogP contribution in [0.5, 0.6) is 5.75 Å². The molecule has 0 atom stereocenters. The highest BCUT2D eigenvalue weighted by Gasteiger charge is 2.34. The van der Waals surface area contributed by atoms with Crippen molar-refractivity contribution in [3.63, 3.8) is 0 Å². The van der Waals surface area contributed by atoms with Crippen molar-refractivity contribution in [2.24, 2.45) is 0 Å². The number of imide groups is 1. The Morgan fingerprint density at radius 1 is 1.08 bits per heavy atom. The van der Waals surface area contributed by atoms with Crippen LogP contribution < -0.4 is 4.74 Å². The van der Waals surface area contributed by atoms with E-state index in [2.05, 4.69) is 0 Å². The maximum absolute atomic E-state index is 13.0. The van der Waals surface area contributed by atoms with Gasteiger partial charge in [-0.2, -0.15) is 0 Å². The van der Waals surface area contributed by atoms with Gasteiger partial charge in [-0.3, -0.25) is 14.5 Å². The van der Waals surface area contributed by atoms with Gasteiger partial charge in [-0.05, 0) is 67.1 Å². The number of rotatable bonds is 5. The molecule has 3 rings (SSSR count). The van der Waals surface area contributed by atoms with Crippen LogP contribution in [0.3, 0.4) is 0 Å². The van der Waals surface area contributed by atoms with Crippen LogP contribution in [0.15, 0.2) is 53.4 Å². The number of carbonyl (C=O) groups excluding carboxylic acids is 2. The number of benzene rings is 2. The van der Waals surface area contributed by atoms with E-state index in [1.165, 1.54) is 17.0 Å². The van der Waals surface area contributed by atoms with Crippen LogP contribution in [0.1, 0.15) is 25.0 Å². The van der Waals surface area contributed by atoms with Crippen molar-refractivity contribution in [2.45, 2.75) is 26.5 Å². The molecule has 0 radical (unpaired) electrons. The van der Waals surface area contributed by atoms with Gasteiger partial charge < -0.3 is 4.74 Å². The van der Waals surface area contributed by atoms with E-state index in [1.807, 2.05) is 38.1 Å². The molecule has 26 heavy (non-hydrogen) atoms. The van der Waals surface area contributed by atoms with E-state index in [9.17, 15) is 14.0 Å². The predicted octanol–water partition coefficient (Wildman–Crippen LogP) is 4.85. The smallest absolute Gasteiger partial charge is 0.293 e. The molecule has 6 heteroatoms. The number of nitrogens with zero attached hydrogens (tertiary/aromatic N) is 1. The van der Waals surface area contributed by atoms with E-state index >= 15 is 0 Å². The second-order valence-electron chi connectivity index (χ2n) is 6.13. The summed E-state index contributed by atoms with van der Waals surface area (Å²) in [4.78, 5) is 26.2. The minimum absolute atomic E-state index is 0.0869. The average molecular weight is 371 g/mol. The summed E-state index contributed by atoms with van der Waals surface area (Å²) in [6.07, 6.45) is 1.78. The maximum Gasteiger partial charge on any atom is 0.293 e. The summed E-state index contributed by atoms with van der Waals surface area (Å²) in [5, 5.41) is -0.328. The molecule has 0 saturated carbocycles. The normalized spacial score (nSPS) is 16.0. The van der Waals surface area contributed by atoms with Crippen molar-refractivity contribution in [2.75, 3.05) is 0 Å². The van der Waals surface area contributed by atoms with Crippen LogP contribution in [-0.2, 0) is 11.3 Å². The molecule has 1 fully saturated rings. The third kappa shape index (κ3) is 4.32. The third-order valence-corrected chi connectivity index (χ3v) is 4.58. The zero-order valence-electron chi connectivity index (χ0n) is 14.4. The first-order valence-corrected chi connectivity index (χ1v) is 9.00. The van der Waals surface area contributed by atoms with E-state index in [0.717, 1.165) is 23.1 Å². The summed E-state index contributed by atoms with van der Waals surface area (Å²) in [5.41, 5.74) is 1.51. The Morgan fingerprint density at radius 3 is 2.35 bits per heavy atom.